The van der Waals surface area contributed by atoms with Crippen LogP contribution in [0.15, 0.2) is 30.3 Å². The Kier molecular flexibility index (Phi) is 7.93. The van der Waals surface area contributed by atoms with Crippen LogP contribution in [0.5, 0.6) is 0 Å². The summed E-state index contributed by atoms with van der Waals surface area (Å²) in [6.45, 7) is 5.77. The summed E-state index contributed by atoms with van der Waals surface area (Å²) in [5.41, 5.74) is -3.14. The molecule has 1 atom stereocenters. The van der Waals surface area contributed by atoms with Crippen molar-refractivity contribution in [1.82, 2.24) is 20.6 Å². The van der Waals surface area contributed by atoms with E-state index in [4.69, 9.17) is 4.74 Å². The van der Waals surface area contributed by atoms with Gasteiger partial charge in [-0.1, -0.05) is 11.2 Å². The number of aromatic nitrogens is 4. The lowest BCUT2D eigenvalue weighted by molar-refractivity contribution is -0.138. The molecule has 15 heteroatoms. The first-order chi connectivity index (χ1) is 18.9. The van der Waals surface area contributed by atoms with Crippen molar-refractivity contribution in [3.05, 3.63) is 64.0 Å². The number of aryl methyl sites for hydroxylation is 1. The summed E-state index contributed by atoms with van der Waals surface area (Å²) in [6, 6.07) is 3.37. The van der Waals surface area contributed by atoms with Crippen LogP contribution in [-0.2, 0) is 23.6 Å². The fourth-order valence-electron chi connectivity index (χ4n) is 4.77. The van der Waals surface area contributed by atoms with Crippen LogP contribution >= 0.6 is 0 Å². The van der Waals surface area contributed by atoms with Gasteiger partial charge in [0.1, 0.15) is 11.4 Å². The van der Waals surface area contributed by atoms with E-state index in [1.54, 1.807) is 20.8 Å². The summed E-state index contributed by atoms with van der Waals surface area (Å²) in [5, 5.41) is 13.7. The zero-order chi connectivity index (χ0) is 30.3. The Morgan fingerprint density at radius 1 is 1.07 bits per heavy atom. The Bertz CT molecular complexity index is 1400. The Morgan fingerprint density at radius 2 is 1.78 bits per heavy atom. The number of hydrogen-bond donors (Lipinski definition) is 1. The second kappa shape index (κ2) is 10.8. The molecule has 1 aromatic heterocycles. The van der Waals surface area contributed by atoms with Crippen molar-refractivity contribution in [1.29, 1.82) is 0 Å². The van der Waals surface area contributed by atoms with Crippen molar-refractivity contribution in [2.24, 2.45) is 0 Å². The van der Waals surface area contributed by atoms with Crippen LogP contribution in [0.1, 0.15) is 67.5 Å². The maximum atomic E-state index is 14.2. The number of fused-ring (bicyclic) bond motifs is 1. The summed E-state index contributed by atoms with van der Waals surface area (Å²) in [6.07, 6.45) is -9.91. The lowest BCUT2D eigenvalue weighted by Crippen LogP contribution is -2.37. The van der Waals surface area contributed by atoms with E-state index in [0.717, 1.165) is 23.1 Å². The summed E-state index contributed by atoms with van der Waals surface area (Å²) >= 11 is 0. The van der Waals surface area contributed by atoms with E-state index in [1.165, 1.54) is 17.9 Å². The topological polar surface area (TPSA) is 87.2 Å². The van der Waals surface area contributed by atoms with E-state index >= 15 is 0 Å². The number of halogens is 7. The van der Waals surface area contributed by atoms with Gasteiger partial charge < -0.3 is 9.64 Å². The molecule has 1 N–H and O–H groups in total. The number of benzene rings is 2. The minimum Gasteiger partial charge on any atom is -0.443 e. The third-order valence-corrected chi connectivity index (χ3v) is 6.41. The van der Waals surface area contributed by atoms with Gasteiger partial charge >= 0.3 is 18.4 Å². The van der Waals surface area contributed by atoms with Gasteiger partial charge in [-0.05, 0) is 86.7 Å². The molecule has 1 aliphatic rings. The molecule has 1 aliphatic heterocycles. The number of ether oxygens (including phenoxy) is 1. The summed E-state index contributed by atoms with van der Waals surface area (Å²) in [7, 11) is 0. The molecule has 222 valence electrons. The fraction of sp³-hybridized carbons (Fsp3) is 0.462. The quantitative estimate of drug-likeness (QED) is 0.332. The van der Waals surface area contributed by atoms with Crippen LogP contribution < -0.4 is 9.80 Å². The van der Waals surface area contributed by atoms with Crippen LogP contribution in [0.3, 0.4) is 0 Å². The number of carbonyl (C=O) groups excluding carboxylic acids is 1. The summed E-state index contributed by atoms with van der Waals surface area (Å²) in [4.78, 5) is 15.7. The fourth-order valence-corrected chi connectivity index (χ4v) is 4.77. The molecule has 4 rings (SSSR count). The molecule has 2 heterocycles. The maximum Gasteiger partial charge on any atom is 0.416 e. The van der Waals surface area contributed by atoms with Crippen molar-refractivity contribution >= 4 is 17.7 Å². The Hall–Kier alpha value is -3.91. The second-order valence-corrected chi connectivity index (χ2v) is 10.7. The highest BCUT2D eigenvalue weighted by atomic mass is 19.4. The van der Waals surface area contributed by atoms with Crippen molar-refractivity contribution in [2.45, 2.75) is 71.1 Å². The number of alkyl halides is 6. The van der Waals surface area contributed by atoms with Gasteiger partial charge in [-0.2, -0.15) is 31.6 Å². The molecule has 0 bridgehead atoms. The van der Waals surface area contributed by atoms with E-state index in [0.29, 0.717) is 6.07 Å². The molecule has 0 fully saturated rings. The largest absolute Gasteiger partial charge is 0.443 e. The molecule has 0 radical (unpaired) electrons. The van der Waals surface area contributed by atoms with E-state index in [1.807, 2.05) is 0 Å². The SMILES string of the molecule is Cc1cc2c(cc1C(F)(F)F)N(C(=O)OC(C)(C)C)CCC[C@@H]2N(Cc1cc(F)cc(C(F)(F)F)c1)c1nn[nH]n1. The van der Waals surface area contributed by atoms with Gasteiger partial charge in [0.2, 0.25) is 0 Å². The van der Waals surface area contributed by atoms with Crippen molar-refractivity contribution in [3.63, 3.8) is 0 Å². The van der Waals surface area contributed by atoms with Gasteiger partial charge in [0.05, 0.1) is 22.9 Å². The van der Waals surface area contributed by atoms with Crippen LogP contribution in [-0.4, -0.2) is 38.9 Å². The summed E-state index contributed by atoms with van der Waals surface area (Å²) < 4.78 is 102. The first kappa shape index (κ1) is 30.1. The Labute approximate surface area is 230 Å². The number of rotatable bonds is 4. The molecule has 0 spiro atoms. The smallest absolute Gasteiger partial charge is 0.416 e. The molecule has 0 aliphatic carbocycles. The number of anilines is 2. The highest BCUT2D eigenvalue weighted by Crippen LogP contribution is 2.44. The van der Waals surface area contributed by atoms with E-state index in [2.05, 4.69) is 20.6 Å². The predicted octanol–water partition coefficient (Wildman–Crippen LogP) is 6.97. The molecule has 3 aromatic rings. The highest BCUT2D eigenvalue weighted by molar-refractivity contribution is 5.90. The number of nitrogens with one attached hydrogen (secondary N) is 1. The number of H-pyrrole nitrogens is 1. The average molecular weight is 589 g/mol. The van der Waals surface area contributed by atoms with Crippen LogP contribution in [0.2, 0.25) is 0 Å². The lowest BCUT2D eigenvalue weighted by Gasteiger charge is -2.33. The number of tetrazole rings is 1. The van der Waals surface area contributed by atoms with Crippen LogP contribution in [0.25, 0.3) is 0 Å². The molecule has 0 saturated carbocycles. The minimum absolute atomic E-state index is 0.00293. The van der Waals surface area contributed by atoms with Gasteiger partial charge in [0, 0.05) is 13.1 Å². The average Bonchev–Trinajstić information content (AvgIpc) is 3.29. The number of nitrogens with zero attached hydrogens (tertiary/aromatic N) is 5. The van der Waals surface area contributed by atoms with Crippen molar-refractivity contribution in [3.8, 4) is 0 Å². The van der Waals surface area contributed by atoms with Gasteiger partial charge in [-0.3, -0.25) is 4.90 Å². The number of hydrogen-bond acceptors (Lipinski definition) is 6. The van der Waals surface area contributed by atoms with Crippen LogP contribution in [0.4, 0.5) is 47.2 Å². The monoisotopic (exact) mass is 588 g/mol. The molecule has 0 unspecified atom stereocenters. The molecular weight excluding hydrogens is 561 g/mol. The number of carbonyl (C=O) groups is 1. The molecular formula is C26H27F7N6O2. The van der Waals surface area contributed by atoms with Crippen molar-refractivity contribution < 1.29 is 40.3 Å². The minimum atomic E-state index is -4.82. The van der Waals surface area contributed by atoms with Gasteiger partial charge in [-0.25, -0.2) is 9.18 Å². The molecule has 41 heavy (non-hydrogen) atoms. The normalized spacial score (nSPS) is 16.3. The Morgan fingerprint density at radius 3 is 2.37 bits per heavy atom. The molecule has 8 nitrogen and oxygen atoms in total. The zero-order valence-electron chi connectivity index (χ0n) is 22.5. The predicted molar refractivity (Wildman–Crippen MR) is 133 cm³/mol. The molecule has 0 saturated heterocycles. The van der Waals surface area contributed by atoms with E-state index in [9.17, 15) is 35.5 Å². The number of amides is 1. The van der Waals surface area contributed by atoms with Crippen LogP contribution in [0, 0.1) is 12.7 Å². The third kappa shape index (κ3) is 6.88. The maximum absolute atomic E-state index is 14.2. The van der Waals surface area contributed by atoms with E-state index in [-0.39, 0.29) is 54.3 Å². The standard InChI is InChI=1S/C26H27F7N6O2/c1-14-8-18-20(6-5-7-38(23(40)41-24(2,3)4)21(18)12-19(14)26(31,32)33)39(22-34-36-37-35-22)13-15-9-16(25(28,29)30)11-17(27)10-15/h8-12,20H,5-7,13H2,1-4H3,(H,34,35,36,37)/t20-/m0/s1. The number of aromatic amines is 1. The van der Waals surface area contributed by atoms with Gasteiger partial charge in [0.15, 0.2) is 0 Å². The van der Waals surface area contributed by atoms with Crippen molar-refractivity contribution in [2.75, 3.05) is 16.3 Å². The lowest BCUT2D eigenvalue weighted by atomic mass is 9.94. The Balaban J connectivity index is 1.87. The molecule has 2 aromatic carbocycles. The summed E-state index contributed by atoms with van der Waals surface area (Å²) in [5.74, 6) is -1.20. The zero-order valence-corrected chi connectivity index (χ0v) is 22.5. The highest BCUT2D eigenvalue weighted by Gasteiger charge is 2.39. The first-order valence-electron chi connectivity index (χ1n) is 12.5. The molecule has 1 amide bonds. The first-order valence-corrected chi connectivity index (χ1v) is 12.5. The van der Waals surface area contributed by atoms with Gasteiger partial charge in [-0.15, -0.1) is 5.10 Å². The third-order valence-electron chi connectivity index (χ3n) is 6.41. The van der Waals surface area contributed by atoms with Gasteiger partial charge in [0.25, 0.3) is 5.95 Å². The van der Waals surface area contributed by atoms with E-state index < -0.39 is 47.0 Å². The second-order valence-electron chi connectivity index (χ2n) is 10.7.